The average Bonchev–Trinajstić information content (AvgIpc) is 2.73. The van der Waals surface area contributed by atoms with Crippen molar-refractivity contribution >= 4 is 34.6 Å². The van der Waals surface area contributed by atoms with Gasteiger partial charge in [-0.3, -0.25) is 0 Å². The predicted molar refractivity (Wildman–Crippen MR) is 124 cm³/mol. The van der Waals surface area contributed by atoms with Gasteiger partial charge in [-0.15, -0.1) is 0 Å². The molecular formula is C23H28F3NO3RuS2+. The Bertz CT molecular complexity index is 889. The van der Waals surface area contributed by atoms with E-state index in [-0.39, 0.29) is 19.5 Å². The normalized spacial score (nSPS) is 11.1. The minimum Gasteiger partial charge on any atom is -0.790 e. The molecule has 0 heterocycles. The van der Waals surface area contributed by atoms with Crippen LogP contribution in [-0.4, -0.2) is 24.7 Å². The van der Waals surface area contributed by atoms with E-state index >= 15 is 0 Å². The summed E-state index contributed by atoms with van der Waals surface area (Å²) in [5, 5.41) is 0. The van der Waals surface area contributed by atoms with Crippen molar-refractivity contribution in [1.82, 2.24) is 0 Å². The fourth-order valence-electron chi connectivity index (χ4n) is 2.47. The molecule has 0 aliphatic heterocycles. The van der Waals surface area contributed by atoms with Gasteiger partial charge in [-0.25, -0.2) is 13.4 Å². The first kappa shape index (κ1) is 34.0. The van der Waals surface area contributed by atoms with Crippen LogP contribution in [0.15, 0.2) is 30.3 Å². The summed E-state index contributed by atoms with van der Waals surface area (Å²) in [6.07, 6.45) is 5.50. The number of hydrogen-bond donors (Lipinski definition) is 1. The predicted octanol–water partition coefficient (Wildman–Crippen LogP) is 4.17. The number of benzene rings is 2. The Morgan fingerprint density at radius 2 is 1.15 bits per heavy atom. The quantitative estimate of drug-likeness (QED) is 0.145. The molecule has 0 saturated heterocycles. The van der Waals surface area contributed by atoms with E-state index in [2.05, 4.69) is 59.2 Å². The number of hydrogen-bond acceptors (Lipinski definition) is 4. The van der Waals surface area contributed by atoms with Gasteiger partial charge in [-0.2, -0.15) is 18.9 Å². The zero-order valence-electron chi connectivity index (χ0n) is 19.2. The zero-order chi connectivity index (χ0) is 25.1. The summed E-state index contributed by atoms with van der Waals surface area (Å²) in [4.78, 5) is 3.10. The molecule has 0 unspecified atom stereocenters. The van der Waals surface area contributed by atoms with E-state index in [1.165, 1.54) is 33.4 Å². The summed E-state index contributed by atoms with van der Waals surface area (Å²) in [5.74, 6) is 1.57. The van der Waals surface area contributed by atoms with Gasteiger partial charge >= 0.3 is 25.0 Å². The molecule has 183 valence electrons. The first-order valence-corrected chi connectivity index (χ1v) is 11.3. The molecule has 2 aromatic rings. The van der Waals surface area contributed by atoms with Crippen molar-refractivity contribution in [2.45, 2.75) is 47.1 Å². The van der Waals surface area contributed by atoms with Crippen LogP contribution >= 0.6 is 0 Å². The van der Waals surface area contributed by atoms with Crippen molar-refractivity contribution in [1.29, 1.82) is 0 Å². The third kappa shape index (κ3) is 12.2. The number of unbranched alkanes of at least 4 members (excludes halogenated alkanes) is 1. The molecule has 0 atom stereocenters. The van der Waals surface area contributed by atoms with E-state index in [9.17, 15) is 13.2 Å². The minimum absolute atomic E-state index is 0. The molecule has 2 aromatic carbocycles. The fourth-order valence-corrected chi connectivity index (χ4v) is 2.56. The molecule has 1 N–H and O–H groups in total. The summed E-state index contributed by atoms with van der Waals surface area (Å²) < 4.78 is 58.9. The summed E-state index contributed by atoms with van der Waals surface area (Å²) in [7, 11) is -6.09. The average molecular weight is 589 g/mol. The van der Waals surface area contributed by atoms with Gasteiger partial charge in [0.05, 0.1) is 0 Å². The van der Waals surface area contributed by atoms with E-state index < -0.39 is 15.6 Å². The molecule has 33 heavy (non-hydrogen) atoms. The molecule has 2 rings (SSSR count). The van der Waals surface area contributed by atoms with Gasteiger partial charge in [-0.05, 0) is 81.3 Å². The third-order valence-electron chi connectivity index (χ3n) is 4.97. The SMILES string of the molecule is Cc1c(C)c(C)c(C)c(C)c1C.O=S(=O)([O-])C(F)(F)F.[Ru+2].[S-][CH][CH][CH]C=[NH+]c1ccccc1. The van der Waals surface area contributed by atoms with Crippen LogP contribution in [0.4, 0.5) is 18.9 Å². The van der Waals surface area contributed by atoms with Crippen molar-refractivity contribution < 1.29 is 50.6 Å². The summed E-state index contributed by atoms with van der Waals surface area (Å²) in [6.45, 7) is 13.3. The van der Waals surface area contributed by atoms with Crippen LogP contribution in [0.2, 0.25) is 0 Å². The number of para-hydroxylation sites is 1. The Balaban J connectivity index is 0. The van der Waals surface area contributed by atoms with E-state index in [0.29, 0.717) is 0 Å². The summed E-state index contributed by atoms with van der Waals surface area (Å²) in [6, 6.07) is 9.96. The van der Waals surface area contributed by atoms with Crippen LogP contribution in [0.1, 0.15) is 33.4 Å². The molecule has 0 saturated carbocycles. The van der Waals surface area contributed by atoms with Crippen molar-refractivity contribution in [3.8, 4) is 0 Å². The fraction of sp³-hybridized carbons (Fsp3) is 0.304. The Morgan fingerprint density at radius 3 is 1.42 bits per heavy atom. The molecular weight excluding hydrogens is 560 g/mol. The second-order valence-electron chi connectivity index (χ2n) is 6.85. The monoisotopic (exact) mass is 589 g/mol. The largest absolute Gasteiger partial charge is 2.00 e. The molecule has 0 aliphatic rings. The second kappa shape index (κ2) is 15.6. The van der Waals surface area contributed by atoms with Crippen molar-refractivity contribution in [2.75, 3.05) is 0 Å². The topological polar surface area (TPSA) is 71.2 Å². The van der Waals surface area contributed by atoms with Gasteiger partial charge in [0.25, 0.3) is 0 Å². The Hall–Kier alpha value is -1.22. The minimum atomic E-state index is -6.09. The summed E-state index contributed by atoms with van der Waals surface area (Å²) >= 11 is 4.62. The number of nitrogens with one attached hydrogen (secondary N) is 1. The third-order valence-corrected chi connectivity index (χ3v) is 5.69. The smallest absolute Gasteiger partial charge is 0.790 e. The van der Waals surface area contributed by atoms with Crippen molar-refractivity contribution in [3.05, 3.63) is 82.3 Å². The van der Waals surface area contributed by atoms with E-state index in [4.69, 9.17) is 13.0 Å². The van der Waals surface area contributed by atoms with Crippen LogP contribution < -0.4 is 4.99 Å². The van der Waals surface area contributed by atoms with Crippen LogP contribution in [0.25, 0.3) is 0 Å². The second-order valence-corrected chi connectivity index (χ2v) is 8.49. The maximum atomic E-state index is 10.7. The van der Waals surface area contributed by atoms with E-state index in [1.54, 1.807) is 12.2 Å². The van der Waals surface area contributed by atoms with Gasteiger partial charge in [0.1, 0.15) is 6.21 Å². The number of rotatable bonds is 4. The molecule has 0 spiro atoms. The molecule has 0 bridgehead atoms. The maximum Gasteiger partial charge on any atom is 2.00 e. The van der Waals surface area contributed by atoms with Crippen molar-refractivity contribution in [3.63, 3.8) is 0 Å². The molecule has 0 aromatic heterocycles. The van der Waals surface area contributed by atoms with E-state index in [1.807, 2.05) is 43.0 Å². The molecule has 0 aliphatic carbocycles. The van der Waals surface area contributed by atoms with Gasteiger partial charge in [0.2, 0.25) is 5.69 Å². The maximum absolute atomic E-state index is 10.7. The molecule has 3 radical (unpaired) electrons. The van der Waals surface area contributed by atoms with Crippen molar-refractivity contribution in [2.24, 2.45) is 0 Å². The first-order valence-electron chi connectivity index (χ1n) is 9.46. The number of halogens is 3. The summed E-state index contributed by atoms with van der Waals surface area (Å²) in [5.41, 5.74) is 4.16. The van der Waals surface area contributed by atoms with Gasteiger partial charge in [0, 0.05) is 18.6 Å². The van der Waals surface area contributed by atoms with Crippen LogP contribution in [0.3, 0.4) is 0 Å². The van der Waals surface area contributed by atoms with Gasteiger partial charge in [0.15, 0.2) is 10.1 Å². The van der Waals surface area contributed by atoms with Crippen LogP contribution in [0.5, 0.6) is 0 Å². The first-order chi connectivity index (χ1) is 14.6. The Labute approximate surface area is 214 Å². The standard InChI is InChI=1S/C12H18.C10H9NS.CHF3O3S.Ru/c1-7-8(2)10(4)12(6)11(5)9(7)3;12-9-5-4-8-11-10-6-2-1-3-7-10;2-1(3,4)8(5,6)7;/h1-6H3;1-9H;(H,5,6,7);/q;-1;;+2. The van der Waals surface area contributed by atoms with Crippen LogP contribution in [0, 0.1) is 60.1 Å². The molecule has 0 fully saturated rings. The molecule has 4 nitrogen and oxygen atoms in total. The van der Waals surface area contributed by atoms with Gasteiger partial charge in [-0.1, -0.05) is 18.2 Å². The number of alkyl halides is 3. The Morgan fingerprint density at radius 1 is 0.818 bits per heavy atom. The Kier molecular flexibility index (Phi) is 16.1. The zero-order valence-corrected chi connectivity index (χ0v) is 22.6. The van der Waals surface area contributed by atoms with Crippen LogP contribution in [-0.2, 0) is 42.2 Å². The van der Waals surface area contributed by atoms with E-state index in [0.717, 1.165) is 5.69 Å². The molecule has 0 amide bonds. The molecule has 10 heteroatoms. The van der Waals surface area contributed by atoms with Gasteiger partial charge < -0.3 is 17.2 Å².